The maximum Gasteiger partial charge on any atom is 0.307 e. The van der Waals surface area contributed by atoms with Crippen molar-refractivity contribution in [3.05, 3.63) is 0 Å². The minimum absolute atomic E-state index is 0.259. The molecular weight excluding hydrogens is 346 g/mol. The van der Waals surface area contributed by atoms with Crippen molar-refractivity contribution in [2.45, 2.75) is 6.42 Å². The molecular formula is C17H35NO8. The van der Waals surface area contributed by atoms with Crippen LogP contribution in [0.5, 0.6) is 0 Å². The van der Waals surface area contributed by atoms with Crippen LogP contribution in [0.3, 0.4) is 0 Å². The number of carbonyl (C=O) groups is 1. The van der Waals surface area contributed by atoms with Gasteiger partial charge in [0.05, 0.1) is 92.8 Å². The molecule has 0 saturated heterocycles. The highest BCUT2D eigenvalue weighted by Gasteiger charge is 1.99. The summed E-state index contributed by atoms with van der Waals surface area (Å²) in [5.74, 6) is -0.276. The second kappa shape index (κ2) is 22.2. The fourth-order valence-electron chi connectivity index (χ4n) is 1.63. The van der Waals surface area contributed by atoms with Gasteiger partial charge in [-0.3, -0.25) is 4.79 Å². The van der Waals surface area contributed by atoms with E-state index in [2.05, 4.69) is 10.1 Å². The van der Waals surface area contributed by atoms with Crippen molar-refractivity contribution in [3.8, 4) is 0 Å². The summed E-state index contributed by atoms with van der Waals surface area (Å²) in [6.45, 7) is 7.11. The Morgan fingerprint density at radius 2 is 0.962 bits per heavy atom. The molecule has 0 bridgehead atoms. The molecule has 1 N–H and O–H groups in total. The maximum absolute atomic E-state index is 10.8. The van der Waals surface area contributed by atoms with Gasteiger partial charge in [0.25, 0.3) is 0 Å². The largest absolute Gasteiger partial charge is 0.469 e. The Hall–Kier alpha value is -0.810. The summed E-state index contributed by atoms with van der Waals surface area (Å²) in [7, 11) is 3.25. The lowest BCUT2D eigenvalue weighted by Gasteiger charge is -2.08. The van der Waals surface area contributed by atoms with Crippen LogP contribution in [0.15, 0.2) is 0 Å². The summed E-state index contributed by atoms with van der Waals surface area (Å²) in [5, 5.41) is 3.00. The predicted molar refractivity (Wildman–Crippen MR) is 95.5 cm³/mol. The number of hydrogen-bond donors (Lipinski definition) is 1. The van der Waals surface area contributed by atoms with Crippen LogP contribution in [0.25, 0.3) is 0 Å². The molecule has 9 nitrogen and oxygen atoms in total. The number of ether oxygens (including phenoxy) is 7. The van der Waals surface area contributed by atoms with E-state index in [4.69, 9.17) is 28.4 Å². The molecule has 0 radical (unpaired) electrons. The summed E-state index contributed by atoms with van der Waals surface area (Å²) < 4.78 is 36.5. The van der Waals surface area contributed by atoms with Crippen molar-refractivity contribution in [1.82, 2.24) is 5.32 Å². The van der Waals surface area contributed by atoms with Gasteiger partial charge in [0, 0.05) is 6.54 Å². The molecule has 0 aromatic carbocycles. The summed E-state index contributed by atoms with van der Waals surface area (Å²) >= 11 is 0. The molecule has 0 amide bonds. The van der Waals surface area contributed by atoms with Crippen molar-refractivity contribution < 1.29 is 38.0 Å². The van der Waals surface area contributed by atoms with E-state index < -0.39 is 0 Å². The Labute approximate surface area is 156 Å². The van der Waals surface area contributed by atoms with E-state index in [1.807, 2.05) is 7.05 Å². The van der Waals surface area contributed by atoms with Crippen LogP contribution >= 0.6 is 0 Å². The summed E-state index contributed by atoms with van der Waals surface area (Å²) in [5.41, 5.74) is 0. The maximum atomic E-state index is 10.8. The van der Waals surface area contributed by atoms with Crippen molar-refractivity contribution in [2.24, 2.45) is 0 Å². The van der Waals surface area contributed by atoms with E-state index in [0.29, 0.717) is 79.3 Å². The highest BCUT2D eigenvalue weighted by atomic mass is 16.6. The van der Waals surface area contributed by atoms with Crippen molar-refractivity contribution in [3.63, 3.8) is 0 Å². The molecule has 26 heavy (non-hydrogen) atoms. The fraction of sp³-hybridized carbons (Fsp3) is 0.941. The zero-order valence-electron chi connectivity index (χ0n) is 16.2. The summed E-state index contributed by atoms with van der Waals surface area (Å²) in [4.78, 5) is 10.8. The third-order valence-corrected chi connectivity index (χ3v) is 3.03. The molecule has 0 unspecified atom stereocenters. The van der Waals surface area contributed by atoms with Crippen LogP contribution in [0.4, 0.5) is 0 Å². The SMILES string of the molecule is CNCCOCCOCCOCCOCCOCCOCCC(=O)OC. The van der Waals surface area contributed by atoms with Gasteiger partial charge >= 0.3 is 5.97 Å². The van der Waals surface area contributed by atoms with Crippen LogP contribution in [-0.2, 0) is 38.0 Å². The molecule has 0 aromatic heterocycles. The molecule has 0 spiro atoms. The zero-order chi connectivity index (χ0) is 19.1. The smallest absolute Gasteiger partial charge is 0.307 e. The Kier molecular flexibility index (Phi) is 21.5. The topological polar surface area (TPSA) is 93.7 Å². The number of nitrogens with one attached hydrogen (secondary N) is 1. The van der Waals surface area contributed by atoms with Crippen LogP contribution in [0.2, 0.25) is 0 Å². The standard InChI is InChI=1S/C17H35NO8/c1-18-4-6-22-8-10-24-12-14-26-16-15-25-13-11-23-9-7-21-5-3-17(19)20-2/h18H,3-16H2,1-2H3. The first-order valence-electron chi connectivity index (χ1n) is 8.99. The lowest BCUT2D eigenvalue weighted by Crippen LogP contribution is -2.17. The van der Waals surface area contributed by atoms with Gasteiger partial charge in [-0.2, -0.15) is 0 Å². The zero-order valence-corrected chi connectivity index (χ0v) is 16.2. The number of carbonyl (C=O) groups excluding carboxylic acids is 1. The normalized spacial score (nSPS) is 11.0. The first-order valence-corrected chi connectivity index (χ1v) is 8.99. The molecule has 0 saturated carbocycles. The number of rotatable bonds is 21. The van der Waals surface area contributed by atoms with Gasteiger partial charge in [0.15, 0.2) is 0 Å². The van der Waals surface area contributed by atoms with Gasteiger partial charge in [-0.25, -0.2) is 0 Å². The minimum Gasteiger partial charge on any atom is -0.469 e. The van der Waals surface area contributed by atoms with Gasteiger partial charge in [-0.05, 0) is 7.05 Å². The molecule has 9 heteroatoms. The lowest BCUT2D eigenvalue weighted by molar-refractivity contribution is -0.141. The average molecular weight is 381 g/mol. The van der Waals surface area contributed by atoms with Crippen LogP contribution in [0.1, 0.15) is 6.42 Å². The molecule has 0 rings (SSSR count). The molecule has 0 aromatic rings. The third-order valence-electron chi connectivity index (χ3n) is 3.03. The van der Waals surface area contributed by atoms with Crippen molar-refractivity contribution in [2.75, 3.05) is 100.0 Å². The second-order valence-electron chi connectivity index (χ2n) is 5.10. The second-order valence-corrected chi connectivity index (χ2v) is 5.10. The van der Waals surface area contributed by atoms with Crippen LogP contribution in [0, 0.1) is 0 Å². The van der Waals surface area contributed by atoms with Gasteiger partial charge < -0.3 is 38.5 Å². The van der Waals surface area contributed by atoms with E-state index >= 15 is 0 Å². The van der Waals surface area contributed by atoms with Crippen LogP contribution in [-0.4, -0.2) is 106 Å². The monoisotopic (exact) mass is 381 g/mol. The Bertz CT molecular complexity index is 294. The molecule has 0 aliphatic heterocycles. The van der Waals surface area contributed by atoms with Crippen molar-refractivity contribution >= 4 is 5.97 Å². The van der Waals surface area contributed by atoms with Crippen molar-refractivity contribution in [1.29, 1.82) is 0 Å². The predicted octanol–water partition coefficient (Wildman–Crippen LogP) is -0.131. The van der Waals surface area contributed by atoms with Crippen LogP contribution < -0.4 is 5.32 Å². The first kappa shape index (κ1) is 25.2. The van der Waals surface area contributed by atoms with Gasteiger partial charge in [-0.1, -0.05) is 0 Å². The molecule has 0 atom stereocenters. The number of esters is 1. The van der Waals surface area contributed by atoms with E-state index in [0.717, 1.165) is 6.54 Å². The molecule has 0 heterocycles. The van der Waals surface area contributed by atoms with E-state index in [1.165, 1.54) is 7.11 Å². The van der Waals surface area contributed by atoms with Gasteiger partial charge in [0.1, 0.15) is 0 Å². The Morgan fingerprint density at radius 1 is 0.615 bits per heavy atom. The highest BCUT2D eigenvalue weighted by molar-refractivity contribution is 5.69. The van der Waals surface area contributed by atoms with E-state index in [9.17, 15) is 4.79 Å². The number of likely N-dealkylation sites (N-methyl/N-ethyl adjacent to an activating group) is 1. The number of methoxy groups -OCH3 is 1. The van der Waals surface area contributed by atoms with E-state index in [-0.39, 0.29) is 12.4 Å². The molecule has 156 valence electrons. The minimum atomic E-state index is -0.276. The molecule has 0 aliphatic carbocycles. The van der Waals surface area contributed by atoms with Gasteiger partial charge in [-0.15, -0.1) is 0 Å². The Balaban J connectivity index is 3.00. The summed E-state index contributed by atoms with van der Waals surface area (Å²) in [6.07, 6.45) is 0.259. The fourth-order valence-corrected chi connectivity index (χ4v) is 1.63. The Morgan fingerprint density at radius 3 is 1.31 bits per heavy atom. The lowest BCUT2D eigenvalue weighted by atomic mass is 10.5. The summed E-state index contributed by atoms with van der Waals surface area (Å²) in [6, 6.07) is 0. The average Bonchev–Trinajstić information content (AvgIpc) is 2.66. The third kappa shape index (κ3) is 21.2. The number of hydrogen-bond acceptors (Lipinski definition) is 9. The van der Waals surface area contributed by atoms with Gasteiger partial charge in [0.2, 0.25) is 0 Å². The molecule has 0 fully saturated rings. The highest BCUT2D eigenvalue weighted by Crippen LogP contribution is 1.87. The quantitative estimate of drug-likeness (QED) is 0.215. The first-order chi connectivity index (χ1) is 12.8. The van der Waals surface area contributed by atoms with E-state index in [1.54, 1.807) is 0 Å². The molecule has 0 aliphatic rings.